The Hall–Kier alpha value is -0.440. The van der Waals surface area contributed by atoms with Gasteiger partial charge in [0.1, 0.15) is 0 Å². The van der Waals surface area contributed by atoms with Crippen molar-refractivity contribution in [1.82, 2.24) is 0 Å². The van der Waals surface area contributed by atoms with Gasteiger partial charge in [-0.15, -0.1) is 0 Å². The molecule has 0 aromatic carbocycles. The monoisotopic (exact) mass is 172 g/mol. The third-order valence-electron chi connectivity index (χ3n) is 2.57. The highest BCUT2D eigenvalue weighted by Gasteiger charge is 2.53. The van der Waals surface area contributed by atoms with Crippen LogP contribution in [0.25, 0.3) is 0 Å². The minimum atomic E-state index is -0.429. The SMILES string of the molecule is CC1(C)CC(O)CC(C)(C)[N+]1=O. The number of aliphatic hydroxyl groups is 1. The number of nitrogens with zero attached hydrogens (tertiary/aromatic N) is 1. The zero-order chi connectivity index (χ0) is 9.57. The van der Waals surface area contributed by atoms with E-state index in [2.05, 4.69) is 0 Å². The van der Waals surface area contributed by atoms with E-state index >= 15 is 0 Å². The fourth-order valence-electron chi connectivity index (χ4n) is 2.21. The number of aliphatic hydroxyl groups excluding tert-OH is 1. The van der Waals surface area contributed by atoms with Gasteiger partial charge >= 0.3 is 0 Å². The summed E-state index contributed by atoms with van der Waals surface area (Å²) in [5, 5.41) is 9.53. The number of rotatable bonds is 0. The molecule has 0 spiro atoms. The smallest absolute Gasteiger partial charge is 0.208 e. The van der Waals surface area contributed by atoms with E-state index in [1.807, 2.05) is 27.7 Å². The van der Waals surface area contributed by atoms with Crippen LogP contribution in [0.1, 0.15) is 40.5 Å². The van der Waals surface area contributed by atoms with Crippen LogP contribution < -0.4 is 0 Å². The maximum atomic E-state index is 11.7. The van der Waals surface area contributed by atoms with Gasteiger partial charge in [-0.2, -0.15) is 0 Å². The number of hydrogen-bond donors (Lipinski definition) is 1. The Kier molecular flexibility index (Phi) is 2.03. The molecule has 0 aromatic heterocycles. The van der Waals surface area contributed by atoms with Gasteiger partial charge in [0, 0.05) is 50.2 Å². The molecule has 1 heterocycles. The molecule has 0 radical (unpaired) electrons. The van der Waals surface area contributed by atoms with E-state index in [1.54, 1.807) is 0 Å². The lowest BCUT2D eigenvalue weighted by Gasteiger charge is -2.34. The first-order valence-electron chi connectivity index (χ1n) is 4.41. The Morgan fingerprint density at radius 2 is 1.50 bits per heavy atom. The van der Waals surface area contributed by atoms with Gasteiger partial charge in [0.25, 0.3) is 0 Å². The Morgan fingerprint density at radius 1 is 1.17 bits per heavy atom. The van der Waals surface area contributed by atoms with Crippen LogP contribution >= 0.6 is 0 Å². The second kappa shape index (κ2) is 2.52. The van der Waals surface area contributed by atoms with Gasteiger partial charge in [0.15, 0.2) is 0 Å². The zero-order valence-corrected chi connectivity index (χ0v) is 8.29. The molecule has 0 atom stereocenters. The number of nitroso groups, excluding NO2 is 1. The molecule has 1 saturated heterocycles. The second-order valence-electron chi connectivity index (χ2n) is 4.98. The molecule has 0 bridgehead atoms. The van der Waals surface area contributed by atoms with Gasteiger partial charge in [-0.3, -0.25) is 0 Å². The van der Waals surface area contributed by atoms with Crippen molar-refractivity contribution in [3.63, 3.8) is 0 Å². The van der Waals surface area contributed by atoms with Gasteiger partial charge in [-0.05, 0) is 0 Å². The van der Waals surface area contributed by atoms with Crippen molar-refractivity contribution in [2.75, 3.05) is 0 Å². The highest BCUT2D eigenvalue weighted by atomic mass is 16.3. The van der Waals surface area contributed by atoms with Gasteiger partial charge < -0.3 is 5.11 Å². The molecule has 3 nitrogen and oxygen atoms in total. The highest BCUT2D eigenvalue weighted by Crippen LogP contribution is 2.33. The minimum absolute atomic E-state index is 0.333. The van der Waals surface area contributed by atoms with Crippen molar-refractivity contribution in [2.45, 2.75) is 57.7 Å². The summed E-state index contributed by atoms with van der Waals surface area (Å²) in [4.78, 5) is 11.7. The summed E-state index contributed by atoms with van der Waals surface area (Å²) in [6.45, 7) is 7.52. The lowest BCUT2D eigenvalue weighted by atomic mass is 9.81. The number of hydrogen-bond acceptors (Lipinski definition) is 2. The molecule has 1 rings (SSSR count). The molecule has 0 aliphatic carbocycles. The highest BCUT2D eigenvalue weighted by molar-refractivity contribution is 4.85. The lowest BCUT2D eigenvalue weighted by Crippen LogP contribution is -2.55. The van der Waals surface area contributed by atoms with Crippen molar-refractivity contribution in [3.05, 3.63) is 4.91 Å². The van der Waals surface area contributed by atoms with E-state index in [4.69, 9.17) is 0 Å². The Morgan fingerprint density at radius 3 is 1.83 bits per heavy atom. The largest absolute Gasteiger partial charge is 0.393 e. The summed E-state index contributed by atoms with van der Waals surface area (Å²) in [6, 6.07) is 0. The van der Waals surface area contributed by atoms with Gasteiger partial charge in [-0.1, -0.05) is 0 Å². The predicted octanol–water partition coefficient (Wildman–Crippen LogP) is 1.48. The van der Waals surface area contributed by atoms with Crippen molar-refractivity contribution in [3.8, 4) is 0 Å². The Balaban J connectivity index is 2.91. The Bertz CT molecular complexity index is 189. The van der Waals surface area contributed by atoms with Crippen LogP contribution in [0.3, 0.4) is 0 Å². The summed E-state index contributed by atoms with van der Waals surface area (Å²) in [5.41, 5.74) is -0.859. The van der Waals surface area contributed by atoms with Crippen molar-refractivity contribution < 1.29 is 9.87 Å². The van der Waals surface area contributed by atoms with E-state index in [9.17, 15) is 10.0 Å². The first-order valence-corrected chi connectivity index (χ1v) is 4.41. The van der Waals surface area contributed by atoms with Crippen LogP contribution in [0.15, 0.2) is 0 Å². The Labute approximate surface area is 73.4 Å². The molecule has 12 heavy (non-hydrogen) atoms. The maximum Gasteiger partial charge on any atom is 0.208 e. The standard InChI is InChI=1S/C9H18NO2/c1-8(2)5-7(11)6-9(3,4)10(8)12/h7,11H,5-6H2,1-4H3/q+1. The van der Waals surface area contributed by atoms with E-state index in [0.29, 0.717) is 12.8 Å². The van der Waals surface area contributed by atoms with Crippen molar-refractivity contribution in [2.24, 2.45) is 0 Å². The average molecular weight is 172 g/mol. The van der Waals surface area contributed by atoms with E-state index in [1.165, 1.54) is 0 Å². The quantitative estimate of drug-likeness (QED) is 0.562. The molecular formula is C9H18NO2+. The third-order valence-corrected chi connectivity index (χ3v) is 2.57. The van der Waals surface area contributed by atoms with Crippen LogP contribution in [0.4, 0.5) is 0 Å². The number of piperidine rings is 1. The van der Waals surface area contributed by atoms with Crippen LogP contribution in [0.2, 0.25) is 0 Å². The normalized spacial score (nSPS) is 28.9. The summed E-state index contributed by atoms with van der Waals surface area (Å²) in [6.07, 6.45) is 0.806. The fraction of sp³-hybridized carbons (Fsp3) is 1.00. The second-order valence-corrected chi connectivity index (χ2v) is 4.98. The van der Waals surface area contributed by atoms with E-state index in [0.717, 1.165) is 4.76 Å². The van der Waals surface area contributed by atoms with Crippen molar-refractivity contribution >= 4 is 0 Å². The minimum Gasteiger partial charge on any atom is -0.393 e. The molecule has 0 unspecified atom stereocenters. The molecule has 1 N–H and O–H groups in total. The molecule has 0 amide bonds. The van der Waals surface area contributed by atoms with Crippen molar-refractivity contribution in [1.29, 1.82) is 0 Å². The van der Waals surface area contributed by atoms with E-state index in [-0.39, 0.29) is 6.10 Å². The molecule has 1 aliphatic heterocycles. The van der Waals surface area contributed by atoms with Gasteiger partial charge in [0.05, 0.1) is 6.10 Å². The third kappa shape index (κ3) is 1.51. The van der Waals surface area contributed by atoms with Crippen LogP contribution in [-0.2, 0) is 0 Å². The molecule has 70 valence electrons. The molecule has 0 aromatic rings. The zero-order valence-electron chi connectivity index (χ0n) is 8.29. The van der Waals surface area contributed by atoms with Crippen LogP contribution in [0, 0.1) is 4.91 Å². The molecule has 1 fully saturated rings. The first kappa shape index (κ1) is 9.65. The summed E-state index contributed by atoms with van der Waals surface area (Å²) >= 11 is 0. The predicted molar refractivity (Wildman–Crippen MR) is 47.0 cm³/mol. The molecule has 1 aliphatic rings. The topological polar surface area (TPSA) is 40.3 Å². The molecule has 0 saturated carbocycles. The molecular weight excluding hydrogens is 154 g/mol. The summed E-state index contributed by atoms with van der Waals surface area (Å²) in [5.74, 6) is 0. The summed E-state index contributed by atoms with van der Waals surface area (Å²) in [7, 11) is 0. The lowest BCUT2D eigenvalue weighted by molar-refractivity contribution is -0.695. The summed E-state index contributed by atoms with van der Waals surface area (Å²) < 4.78 is 1.12. The van der Waals surface area contributed by atoms with Gasteiger partial charge in [-0.25, -0.2) is 0 Å². The first-order chi connectivity index (χ1) is 5.26. The van der Waals surface area contributed by atoms with Crippen LogP contribution in [0.5, 0.6) is 0 Å². The fourth-order valence-corrected chi connectivity index (χ4v) is 2.21. The van der Waals surface area contributed by atoms with E-state index < -0.39 is 11.1 Å². The van der Waals surface area contributed by atoms with Gasteiger partial charge in [0.2, 0.25) is 11.1 Å². The molecule has 3 heteroatoms. The maximum absolute atomic E-state index is 11.7. The average Bonchev–Trinajstić information content (AvgIpc) is 1.80. The van der Waals surface area contributed by atoms with Crippen LogP contribution in [-0.4, -0.2) is 27.0 Å².